The summed E-state index contributed by atoms with van der Waals surface area (Å²) >= 11 is 0. The summed E-state index contributed by atoms with van der Waals surface area (Å²) in [6.45, 7) is -1.54. The largest absolute Gasteiger partial charge is 0.694 e. The summed E-state index contributed by atoms with van der Waals surface area (Å²) < 4.78 is 66.3. The van der Waals surface area contributed by atoms with Crippen molar-refractivity contribution in [1.82, 2.24) is 39.0 Å². The highest BCUT2D eigenvalue weighted by Crippen LogP contribution is 2.50. The summed E-state index contributed by atoms with van der Waals surface area (Å²) in [6, 6.07) is 0. The lowest BCUT2D eigenvalue weighted by molar-refractivity contribution is -0.0609. The number of aliphatic hydroxyl groups excluding tert-OH is 3. The van der Waals surface area contributed by atoms with Crippen molar-refractivity contribution in [2.45, 2.75) is 49.1 Å². The van der Waals surface area contributed by atoms with Crippen LogP contribution in [0.2, 0.25) is 0 Å². The molecule has 2 unspecified atom stereocenters. The van der Waals surface area contributed by atoms with E-state index >= 15 is 0 Å². The van der Waals surface area contributed by atoms with Gasteiger partial charge in [0.15, 0.2) is 40.6 Å². The Morgan fingerprint density at radius 2 is 1.61 bits per heavy atom. The number of phosphoric acid groups is 1. The number of ether oxygens (including phenoxy) is 2. The van der Waals surface area contributed by atoms with Gasteiger partial charge in [-0.3, -0.25) is 28.0 Å². The number of hydrogen-bond donors (Lipinski definition) is 8. The average molecular weight is 693 g/mol. The van der Waals surface area contributed by atoms with Gasteiger partial charge in [-0.1, -0.05) is 0 Å². The maximum absolute atomic E-state index is 13.8. The molecule has 4 aromatic rings. The number of aromatic nitrogens is 8. The molecule has 0 radical (unpaired) electrons. The van der Waals surface area contributed by atoms with Gasteiger partial charge in [0, 0.05) is 4.57 Å². The van der Waals surface area contributed by atoms with Crippen LogP contribution in [0.3, 0.4) is 0 Å². The number of fused-ring (bicyclic) bond motifs is 2. The van der Waals surface area contributed by atoms with E-state index in [1.54, 1.807) is 0 Å². The maximum Gasteiger partial charge on any atom is 0.694 e. The first-order valence-electron chi connectivity index (χ1n) is 12.9. The molecule has 0 amide bonds. The van der Waals surface area contributed by atoms with Crippen molar-refractivity contribution in [3.05, 3.63) is 29.1 Å². The Morgan fingerprint density at radius 1 is 0.978 bits per heavy atom. The predicted molar refractivity (Wildman–Crippen MR) is 145 cm³/mol. The van der Waals surface area contributed by atoms with Gasteiger partial charge in [0.25, 0.3) is 5.56 Å². The molecule has 2 aliphatic rings. The number of nitrogens with two attached hydrogens (primary N) is 2. The molecule has 10 N–H and O–H groups in total. The summed E-state index contributed by atoms with van der Waals surface area (Å²) in [5.41, 5.74) is 9.98. The molecule has 0 bridgehead atoms. The molecule has 2 saturated heterocycles. The van der Waals surface area contributed by atoms with Gasteiger partial charge < -0.3 is 41.2 Å². The first-order chi connectivity index (χ1) is 21.7. The molecule has 4 aromatic heterocycles. The van der Waals surface area contributed by atoms with E-state index in [2.05, 4.69) is 34.4 Å². The van der Waals surface area contributed by atoms with Crippen molar-refractivity contribution >= 4 is 50.2 Å². The molecule has 0 spiro atoms. The van der Waals surface area contributed by atoms with Crippen molar-refractivity contribution in [3.63, 3.8) is 0 Å². The number of nitrogen functional groups attached to an aromatic ring is 2. The SMILES string of the molecule is Nc1nc2c(ncn2[C@@H]2O[C@H](CO[P+](=O)O)[C@@H](O)[C@H]2OP(=O)(O)OC[C@H]2O[C@@H](n3cnc4c(N)nc(F)nc43)[C@H](O)[C@@H]2O)c(=O)[nH]1. The van der Waals surface area contributed by atoms with Gasteiger partial charge in [0.1, 0.15) is 43.2 Å². The summed E-state index contributed by atoms with van der Waals surface area (Å²) in [4.78, 5) is 52.9. The molecule has 2 aliphatic heterocycles. The Labute approximate surface area is 254 Å². The number of nitrogens with zero attached hydrogens (tertiary/aromatic N) is 7. The molecular formula is C20H24FN10O13P2+. The van der Waals surface area contributed by atoms with Crippen LogP contribution >= 0.6 is 16.1 Å². The number of aliphatic hydroxyl groups is 3. The molecule has 6 rings (SSSR count). The number of H-pyrrole nitrogens is 1. The van der Waals surface area contributed by atoms with Crippen molar-refractivity contribution < 1.29 is 61.7 Å². The zero-order valence-electron chi connectivity index (χ0n) is 22.7. The minimum Gasteiger partial charge on any atom is -0.387 e. The molecule has 6 heterocycles. The standard InChI is InChI=1S/C20H23FN10O13P2/c21-19-26-13(22)7-14(27-19)30(3-24-7)17-11(34)9(32)6(42-17)2-41-46(38,39)44-12-10(33)5(1-40-45(36)37)43-18(12)31-4-25-8-15(31)28-20(23)29-16(8)35/h3-6,9-12,17-18,32-34H,1-2H2,(H6-,22,23,26,27,28,29,35,36,37,38,39)/p+1/t5-,6-,9-,10-,11-,12-,17-,18-/m1/s1. The lowest BCUT2D eigenvalue weighted by Crippen LogP contribution is -2.36. The van der Waals surface area contributed by atoms with Crippen molar-refractivity contribution in [1.29, 1.82) is 0 Å². The molecule has 2 fully saturated rings. The lowest BCUT2D eigenvalue weighted by atomic mass is 10.1. The average Bonchev–Trinajstić information content (AvgIpc) is 3.72. The van der Waals surface area contributed by atoms with Gasteiger partial charge >= 0.3 is 22.2 Å². The van der Waals surface area contributed by atoms with Crippen LogP contribution in [0.5, 0.6) is 0 Å². The van der Waals surface area contributed by atoms with E-state index in [4.69, 9.17) is 34.9 Å². The highest BCUT2D eigenvalue weighted by molar-refractivity contribution is 7.47. The molecule has 0 aliphatic carbocycles. The third-order valence-electron chi connectivity index (χ3n) is 7.08. The second kappa shape index (κ2) is 12.2. The minimum absolute atomic E-state index is 0.0192. The molecule has 46 heavy (non-hydrogen) atoms. The first kappa shape index (κ1) is 32.3. The zero-order valence-corrected chi connectivity index (χ0v) is 24.5. The Balaban J connectivity index is 1.20. The number of imidazole rings is 2. The van der Waals surface area contributed by atoms with Crippen LogP contribution in [0, 0.1) is 6.08 Å². The van der Waals surface area contributed by atoms with Crippen molar-refractivity contribution in [3.8, 4) is 0 Å². The van der Waals surface area contributed by atoms with Gasteiger partial charge in [-0.15, -0.1) is 9.42 Å². The monoisotopic (exact) mass is 693 g/mol. The molecule has 26 heteroatoms. The van der Waals surface area contributed by atoms with Crippen molar-refractivity contribution in [2.24, 2.45) is 0 Å². The molecule has 248 valence electrons. The summed E-state index contributed by atoms with van der Waals surface area (Å²) in [6.07, 6.45) is -11.9. The zero-order chi connectivity index (χ0) is 33.1. The number of aromatic amines is 1. The summed E-state index contributed by atoms with van der Waals surface area (Å²) in [5.74, 6) is -0.610. The first-order valence-corrected chi connectivity index (χ1v) is 15.5. The van der Waals surface area contributed by atoms with E-state index in [-0.39, 0.29) is 34.1 Å². The summed E-state index contributed by atoms with van der Waals surface area (Å²) in [5, 5.41) is 32.1. The van der Waals surface area contributed by atoms with E-state index in [1.807, 2.05) is 0 Å². The van der Waals surface area contributed by atoms with E-state index in [0.29, 0.717) is 0 Å². The van der Waals surface area contributed by atoms with Crippen LogP contribution in [0.25, 0.3) is 22.3 Å². The number of hydrogen-bond acceptors (Lipinski definition) is 18. The Morgan fingerprint density at radius 3 is 2.33 bits per heavy atom. The predicted octanol–water partition coefficient (Wildman–Crippen LogP) is -2.69. The lowest BCUT2D eigenvalue weighted by Gasteiger charge is -2.24. The van der Waals surface area contributed by atoms with Crippen LogP contribution in [-0.4, -0.2) is 114 Å². The normalized spacial score (nSPS) is 29.9. The van der Waals surface area contributed by atoms with Gasteiger partial charge in [-0.05, 0) is 0 Å². The molecule has 10 atom stereocenters. The fraction of sp³-hybridized carbons (Fsp3) is 0.500. The Hall–Kier alpha value is -3.64. The number of rotatable bonds is 10. The van der Waals surface area contributed by atoms with Crippen LogP contribution in [0.15, 0.2) is 17.4 Å². The van der Waals surface area contributed by atoms with E-state index in [1.165, 1.54) is 0 Å². The molecular weight excluding hydrogens is 669 g/mol. The number of halogens is 1. The highest BCUT2D eigenvalue weighted by Gasteiger charge is 2.51. The molecule has 0 aromatic carbocycles. The van der Waals surface area contributed by atoms with E-state index in [0.717, 1.165) is 21.8 Å². The van der Waals surface area contributed by atoms with E-state index < -0.39 is 90.0 Å². The Bertz CT molecular complexity index is 1910. The third-order valence-corrected chi connectivity index (χ3v) is 8.43. The molecule has 0 saturated carbocycles. The second-order valence-corrected chi connectivity index (χ2v) is 12.1. The van der Waals surface area contributed by atoms with Gasteiger partial charge in [-0.25, -0.2) is 14.5 Å². The van der Waals surface area contributed by atoms with Crippen LogP contribution in [-0.2, 0) is 32.2 Å². The van der Waals surface area contributed by atoms with E-state index in [9.17, 15) is 38.5 Å². The second-order valence-electron chi connectivity index (χ2n) is 9.95. The van der Waals surface area contributed by atoms with Crippen LogP contribution in [0.4, 0.5) is 16.2 Å². The topological polar surface area (TPSA) is 341 Å². The van der Waals surface area contributed by atoms with Crippen LogP contribution < -0.4 is 17.0 Å². The Kier molecular flexibility index (Phi) is 8.56. The number of anilines is 2. The molecule has 23 nitrogen and oxygen atoms in total. The van der Waals surface area contributed by atoms with Crippen LogP contribution in [0.1, 0.15) is 12.5 Å². The third kappa shape index (κ3) is 5.97. The quantitative estimate of drug-likeness (QED) is 0.0619. The highest BCUT2D eigenvalue weighted by atomic mass is 31.2. The van der Waals surface area contributed by atoms with Crippen molar-refractivity contribution in [2.75, 3.05) is 24.7 Å². The fourth-order valence-electron chi connectivity index (χ4n) is 5.01. The number of phosphoric ester groups is 1. The van der Waals surface area contributed by atoms with Gasteiger partial charge in [0.2, 0.25) is 5.95 Å². The summed E-state index contributed by atoms with van der Waals surface area (Å²) in [7, 11) is -8.33. The fourth-order valence-corrected chi connectivity index (χ4v) is 6.21. The van der Waals surface area contributed by atoms with Gasteiger partial charge in [0.05, 0.1) is 19.3 Å². The minimum atomic E-state index is -5.21. The van der Waals surface area contributed by atoms with Gasteiger partial charge in [-0.2, -0.15) is 19.3 Å². The maximum atomic E-state index is 13.8. The smallest absolute Gasteiger partial charge is 0.387 e. The number of nitrogens with one attached hydrogen (secondary N) is 1.